The van der Waals surface area contributed by atoms with E-state index < -0.39 is 23.7 Å². The highest BCUT2D eigenvalue weighted by atomic mass is 19.4. The summed E-state index contributed by atoms with van der Waals surface area (Å²) in [6, 6.07) is 19.1. The molecule has 0 saturated heterocycles. The number of nitrogens with two attached hydrogens (primary N) is 1. The zero-order chi connectivity index (χ0) is 25.9. The van der Waals surface area contributed by atoms with E-state index in [1.807, 2.05) is 53.1 Å². The summed E-state index contributed by atoms with van der Waals surface area (Å²) in [6.45, 7) is 0. The number of alkyl halides is 3. The van der Waals surface area contributed by atoms with E-state index in [0.29, 0.717) is 24.3 Å². The number of halogens is 3. The maximum absolute atomic E-state index is 13.0. The highest BCUT2D eigenvalue weighted by Gasteiger charge is 2.32. The standard InChI is InChI=1S/C28H25F3N2O3/c1-35-24-16-20-14-15-33(26(27(32)34)19-6-4-3-5-7-19)23(22(20)17-25(24)36-2)13-10-18-8-11-21(12-9-18)28(29,30)31/h3-9,11-12,14-17,26H,10,13H2,1-2H3,(H-,32,34)/p+1/t26-/m1/s1. The van der Waals surface area contributed by atoms with Crippen molar-refractivity contribution in [1.82, 2.24) is 0 Å². The highest BCUT2D eigenvalue weighted by Crippen LogP contribution is 2.34. The number of benzene rings is 3. The molecule has 0 aliphatic carbocycles. The van der Waals surface area contributed by atoms with Gasteiger partial charge >= 0.3 is 6.18 Å². The van der Waals surface area contributed by atoms with Crippen molar-refractivity contribution in [2.75, 3.05) is 14.2 Å². The van der Waals surface area contributed by atoms with Crippen LogP contribution in [-0.2, 0) is 23.8 Å². The molecule has 1 amide bonds. The third-order valence-corrected chi connectivity index (χ3v) is 6.19. The van der Waals surface area contributed by atoms with Crippen LogP contribution in [0.3, 0.4) is 0 Å². The molecule has 4 aromatic rings. The van der Waals surface area contributed by atoms with Gasteiger partial charge in [0.05, 0.1) is 25.2 Å². The molecular weight excluding hydrogens is 469 g/mol. The van der Waals surface area contributed by atoms with E-state index in [2.05, 4.69) is 0 Å². The lowest BCUT2D eigenvalue weighted by Crippen LogP contribution is -2.50. The van der Waals surface area contributed by atoms with E-state index in [4.69, 9.17) is 15.2 Å². The second-order valence-electron chi connectivity index (χ2n) is 8.37. The van der Waals surface area contributed by atoms with Crippen molar-refractivity contribution in [2.24, 2.45) is 5.73 Å². The number of rotatable bonds is 8. The fourth-order valence-corrected chi connectivity index (χ4v) is 4.40. The number of aromatic nitrogens is 1. The molecule has 8 heteroatoms. The Morgan fingerprint density at radius 3 is 2.14 bits per heavy atom. The number of primary amides is 1. The number of pyridine rings is 1. The van der Waals surface area contributed by atoms with Crippen LogP contribution in [-0.4, -0.2) is 20.1 Å². The molecule has 0 spiro atoms. The number of amides is 1. The third kappa shape index (κ3) is 5.12. The van der Waals surface area contributed by atoms with Crippen molar-refractivity contribution in [3.8, 4) is 11.5 Å². The molecule has 186 valence electrons. The number of carbonyl (C=O) groups is 1. The average Bonchev–Trinajstić information content (AvgIpc) is 2.87. The molecule has 1 heterocycles. The summed E-state index contributed by atoms with van der Waals surface area (Å²) < 4.78 is 51.7. The number of hydrogen-bond donors (Lipinski definition) is 1. The van der Waals surface area contributed by atoms with Crippen molar-refractivity contribution in [2.45, 2.75) is 25.1 Å². The maximum atomic E-state index is 13.0. The second kappa shape index (κ2) is 10.3. The summed E-state index contributed by atoms with van der Waals surface area (Å²) in [5.74, 6) is 0.557. The Morgan fingerprint density at radius 1 is 0.917 bits per heavy atom. The molecule has 3 aromatic carbocycles. The zero-order valence-corrected chi connectivity index (χ0v) is 19.9. The monoisotopic (exact) mass is 495 g/mol. The van der Waals surface area contributed by atoms with Gasteiger partial charge in [0.25, 0.3) is 11.9 Å². The third-order valence-electron chi connectivity index (χ3n) is 6.19. The number of carbonyl (C=O) groups excluding carboxylic acids is 1. The molecular formula is C28H26F3N2O3+. The number of hydrogen-bond acceptors (Lipinski definition) is 3. The molecule has 5 nitrogen and oxygen atoms in total. The van der Waals surface area contributed by atoms with Crippen LogP contribution in [0.25, 0.3) is 10.8 Å². The number of ether oxygens (including phenoxy) is 2. The van der Waals surface area contributed by atoms with E-state index in [-0.39, 0.29) is 0 Å². The Labute approximate surface area is 206 Å². The molecule has 0 aliphatic rings. The van der Waals surface area contributed by atoms with Gasteiger partial charge in [-0.15, -0.1) is 0 Å². The second-order valence-corrected chi connectivity index (χ2v) is 8.37. The van der Waals surface area contributed by atoms with Crippen LogP contribution < -0.4 is 19.8 Å². The minimum atomic E-state index is -4.39. The summed E-state index contributed by atoms with van der Waals surface area (Å²) in [4.78, 5) is 12.7. The molecule has 2 N–H and O–H groups in total. The largest absolute Gasteiger partial charge is 0.493 e. The van der Waals surface area contributed by atoms with Gasteiger partial charge in [0.15, 0.2) is 23.4 Å². The minimum Gasteiger partial charge on any atom is -0.493 e. The van der Waals surface area contributed by atoms with Crippen molar-refractivity contribution in [3.63, 3.8) is 0 Å². The molecule has 1 aromatic heterocycles. The zero-order valence-electron chi connectivity index (χ0n) is 19.9. The maximum Gasteiger partial charge on any atom is 0.416 e. The Hall–Kier alpha value is -4.07. The predicted octanol–water partition coefficient (Wildman–Crippen LogP) is 5.02. The smallest absolute Gasteiger partial charge is 0.416 e. The summed E-state index contributed by atoms with van der Waals surface area (Å²) >= 11 is 0. The molecule has 0 aliphatic heterocycles. The van der Waals surface area contributed by atoms with E-state index in [1.54, 1.807) is 20.4 Å². The number of fused-ring (bicyclic) bond motifs is 1. The van der Waals surface area contributed by atoms with E-state index >= 15 is 0 Å². The van der Waals surface area contributed by atoms with Crippen LogP contribution in [0.5, 0.6) is 11.5 Å². The lowest BCUT2D eigenvalue weighted by molar-refractivity contribution is -0.706. The van der Waals surface area contributed by atoms with Gasteiger partial charge < -0.3 is 15.2 Å². The van der Waals surface area contributed by atoms with Gasteiger partial charge in [-0.1, -0.05) is 42.5 Å². The number of aryl methyl sites for hydroxylation is 2. The van der Waals surface area contributed by atoms with Crippen LogP contribution in [0.1, 0.15) is 28.4 Å². The van der Waals surface area contributed by atoms with E-state index in [0.717, 1.165) is 39.7 Å². The van der Waals surface area contributed by atoms with Gasteiger partial charge in [0, 0.05) is 18.1 Å². The number of nitrogens with zero attached hydrogens (tertiary/aromatic N) is 1. The highest BCUT2D eigenvalue weighted by molar-refractivity contribution is 5.87. The first-order chi connectivity index (χ1) is 17.2. The van der Waals surface area contributed by atoms with Crippen molar-refractivity contribution >= 4 is 16.7 Å². The molecule has 0 saturated carbocycles. The van der Waals surface area contributed by atoms with E-state index in [1.165, 1.54) is 12.1 Å². The Morgan fingerprint density at radius 2 is 1.56 bits per heavy atom. The van der Waals surface area contributed by atoms with Gasteiger partial charge in [-0.3, -0.25) is 4.79 Å². The Balaban J connectivity index is 1.84. The van der Waals surface area contributed by atoms with E-state index in [9.17, 15) is 18.0 Å². The Bertz CT molecular complexity index is 1370. The molecule has 36 heavy (non-hydrogen) atoms. The van der Waals surface area contributed by atoms with Gasteiger partial charge in [-0.2, -0.15) is 17.7 Å². The lowest BCUT2D eigenvalue weighted by atomic mass is 9.99. The first-order valence-corrected chi connectivity index (χ1v) is 11.3. The fraction of sp³-hybridized carbons (Fsp3) is 0.214. The first-order valence-electron chi connectivity index (χ1n) is 11.3. The fourth-order valence-electron chi connectivity index (χ4n) is 4.40. The van der Waals surface area contributed by atoms with Crippen LogP contribution in [0.2, 0.25) is 0 Å². The van der Waals surface area contributed by atoms with Crippen LogP contribution in [0.15, 0.2) is 79.0 Å². The summed E-state index contributed by atoms with van der Waals surface area (Å²) in [6.07, 6.45) is -1.70. The van der Waals surface area contributed by atoms with Crippen LogP contribution in [0, 0.1) is 0 Å². The molecule has 0 radical (unpaired) electrons. The van der Waals surface area contributed by atoms with Crippen molar-refractivity contribution in [3.05, 3.63) is 101 Å². The first kappa shape index (κ1) is 25.0. The lowest BCUT2D eigenvalue weighted by Gasteiger charge is -2.16. The molecule has 1 atom stereocenters. The van der Waals surface area contributed by atoms with Gasteiger partial charge in [-0.05, 0) is 41.6 Å². The summed E-state index contributed by atoms with van der Waals surface area (Å²) in [7, 11) is 3.09. The van der Waals surface area contributed by atoms with Crippen LogP contribution >= 0.6 is 0 Å². The van der Waals surface area contributed by atoms with Crippen LogP contribution in [0.4, 0.5) is 13.2 Å². The SMILES string of the molecule is COc1cc2cc[n+]([C@@H](C(N)=O)c3ccccc3)c(CCc3ccc(C(F)(F)F)cc3)c2cc1OC. The topological polar surface area (TPSA) is 65.4 Å². The molecule has 0 bridgehead atoms. The normalized spacial score (nSPS) is 12.4. The molecule has 4 rings (SSSR count). The quantitative estimate of drug-likeness (QED) is 0.349. The summed E-state index contributed by atoms with van der Waals surface area (Å²) in [5.41, 5.74) is 7.43. The predicted molar refractivity (Wildman–Crippen MR) is 130 cm³/mol. The average molecular weight is 496 g/mol. The van der Waals surface area contributed by atoms with Gasteiger partial charge in [0.1, 0.15) is 0 Å². The number of methoxy groups -OCH3 is 2. The summed E-state index contributed by atoms with van der Waals surface area (Å²) in [5, 5.41) is 1.69. The minimum absolute atomic E-state index is 0.439. The molecule has 0 unspecified atom stereocenters. The van der Waals surface area contributed by atoms with Gasteiger partial charge in [0.2, 0.25) is 0 Å². The molecule has 0 fully saturated rings. The van der Waals surface area contributed by atoms with Gasteiger partial charge in [-0.25, -0.2) is 0 Å². The Kier molecular flexibility index (Phi) is 7.15. The van der Waals surface area contributed by atoms with Crippen molar-refractivity contribution < 1.29 is 32.0 Å². The van der Waals surface area contributed by atoms with Crippen molar-refractivity contribution in [1.29, 1.82) is 0 Å².